The zero-order valence-corrected chi connectivity index (χ0v) is 11.8. The molecule has 2 rings (SSSR count). The zero-order chi connectivity index (χ0) is 14.4. The average Bonchev–Trinajstić information content (AvgIpc) is 2.98. The van der Waals surface area contributed by atoms with Gasteiger partial charge in [-0.2, -0.15) is 0 Å². The maximum Gasteiger partial charge on any atom is 0.248 e. The number of amides is 1. The molecular formula is C17H19NO2. The maximum atomic E-state index is 11.7. The number of carbonyl (C=O) groups is 1. The van der Waals surface area contributed by atoms with E-state index in [9.17, 15) is 4.79 Å². The molecule has 1 aromatic heterocycles. The standard InChI is InChI=1S/C17H19NO2/c1-3-13(2)14-6-8-15(9-7-14)18-17(19)11-10-16-5-4-12-20-16/h4-13H,3H2,1-2H3,(H,18,19)/b11-10+/t13-/m0/s1. The highest BCUT2D eigenvalue weighted by atomic mass is 16.3. The van der Waals surface area contributed by atoms with Gasteiger partial charge in [0.25, 0.3) is 0 Å². The molecule has 0 aliphatic rings. The van der Waals surface area contributed by atoms with Crippen LogP contribution in [0.2, 0.25) is 0 Å². The van der Waals surface area contributed by atoms with Crippen LogP contribution in [0.4, 0.5) is 5.69 Å². The largest absolute Gasteiger partial charge is 0.465 e. The van der Waals surface area contributed by atoms with Crippen LogP contribution in [0, 0.1) is 0 Å². The lowest BCUT2D eigenvalue weighted by molar-refractivity contribution is -0.111. The molecule has 0 unspecified atom stereocenters. The van der Waals surface area contributed by atoms with E-state index in [1.54, 1.807) is 24.5 Å². The molecule has 1 aromatic carbocycles. The fraction of sp³-hybridized carbons (Fsp3) is 0.235. The van der Waals surface area contributed by atoms with Crippen LogP contribution in [0.25, 0.3) is 6.08 Å². The Morgan fingerprint density at radius 3 is 2.65 bits per heavy atom. The Morgan fingerprint density at radius 1 is 1.30 bits per heavy atom. The van der Waals surface area contributed by atoms with E-state index in [0.29, 0.717) is 11.7 Å². The monoisotopic (exact) mass is 269 g/mol. The topological polar surface area (TPSA) is 42.2 Å². The number of furan rings is 1. The van der Waals surface area contributed by atoms with Gasteiger partial charge in [-0.05, 0) is 48.2 Å². The molecular weight excluding hydrogens is 250 g/mol. The van der Waals surface area contributed by atoms with E-state index in [4.69, 9.17) is 4.42 Å². The van der Waals surface area contributed by atoms with E-state index in [1.165, 1.54) is 11.6 Å². The first-order chi connectivity index (χ1) is 9.69. The van der Waals surface area contributed by atoms with Crippen LogP contribution in [0.1, 0.15) is 37.5 Å². The van der Waals surface area contributed by atoms with Crippen molar-refractivity contribution in [1.82, 2.24) is 0 Å². The molecule has 1 amide bonds. The molecule has 0 saturated heterocycles. The molecule has 2 aromatic rings. The Labute approximate surface area is 119 Å². The molecule has 0 aliphatic carbocycles. The highest BCUT2D eigenvalue weighted by molar-refractivity contribution is 6.01. The second kappa shape index (κ2) is 6.75. The zero-order valence-electron chi connectivity index (χ0n) is 11.8. The second-order valence-corrected chi connectivity index (χ2v) is 4.77. The fourth-order valence-corrected chi connectivity index (χ4v) is 1.86. The number of nitrogens with one attached hydrogen (secondary N) is 1. The molecule has 0 radical (unpaired) electrons. The predicted octanol–water partition coefficient (Wildman–Crippen LogP) is 4.45. The summed E-state index contributed by atoms with van der Waals surface area (Å²) in [6, 6.07) is 11.6. The first kappa shape index (κ1) is 14.1. The molecule has 0 fully saturated rings. The Bertz CT molecular complexity index is 568. The van der Waals surface area contributed by atoms with Crippen molar-refractivity contribution in [2.75, 3.05) is 5.32 Å². The smallest absolute Gasteiger partial charge is 0.248 e. The number of rotatable bonds is 5. The van der Waals surface area contributed by atoms with Gasteiger partial charge in [0.2, 0.25) is 5.91 Å². The van der Waals surface area contributed by atoms with Gasteiger partial charge < -0.3 is 9.73 Å². The lowest BCUT2D eigenvalue weighted by Gasteiger charge is -2.09. The fourth-order valence-electron chi connectivity index (χ4n) is 1.86. The molecule has 104 valence electrons. The molecule has 1 atom stereocenters. The summed E-state index contributed by atoms with van der Waals surface area (Å²) in [6.07, 6.45) is 5.78. The van der Waals surface area contributed by atoms with Gasteiger partial charge >= 0.3 is 0 Å². The Kier molecular flexibility index (Phi) is 4.77. The third kappa shape index (κ3) is 3.85. The third-order valence-corrected chi connectivity index (χ3v) is 3.30. The number of hydrogen-bond donors (Lipinski definition) is 1. The normalized spacial score (nSPS) is 12.5. The summed E-state index contributed by atoms with van der Waals surface area (Å²) in [5, 5.41) is 2.82. The number of anilines is 1. The molecule has 0 aliphatic heterocycles. The van der Waals surface area contributed by atoms with E-state index in [0.717, 1.165) is 12.1 Å². The van der Waals surface area contributed by atoms with Crippen LogP contribution in [-0.4, -0.2) is 5.91 Å². The van der Waals surface area contributed by atoms with Gasteiger partial charge in [0, 0.05) is 11.8 Å². The van der Waals surface area contributed by atoms with Crippen molar-refractivity contribution in [1.29, 1.82) is 0 Å². The minimum Gasteiger partial charge on any atom is -0.465 e. The van der Waals surface area contributed by atoms with Gasteiger partial charge in [0.05, 0.1) is 6.26 Å². The van der Waals surface area contributed by atoms with Crippen molar-refractivity contribution >= 4 is 17.7 Å². The molecule has 0 bridgehead atoms. The Morgan fingerprint density at radius 2 is 2.05 bits per heavy atom. The first-order valence-electron chi connectivity index (χ1n) is 6.81. The van der Waals surface area contributed by atoms with E-state index in [-0.39, 0.29) is 5.91 Å². The van der Waals surface area contributed by atoms with E-state index in [1.807, 2.05) is 12.1 Å². The van der Waals surface area contributed by atoms with Crippen molar-refractivity contribution in [3.8, 4) is 0 Å². The molecule has 0 saturated carbocycles. The van der Waals surface area contributed by atoms with Gasteiger partial charge in [0.1, 0.15) is 5.76 Å². The first-order valence-corrected chi connectivity index (χ1v) is 6.81. The lowest BCUT2D eigenvalue weighted by atomic mass is 9.99. The van der Waals surface area contributed by atoms with Crippen LogP contribution in [0.15, 0.2) is 53.2 Å². The Hall–Kier alpha value is -2.29. The van der Waals surface area contributed by atoms with Crippen LogP contribution >= 0.6 is 0 Å². The summed E-state index contributed by atoms with van der Waals surface area (Å²) in [4.78, 5) is 11.7. The Balaban J connectivity index is 1.94. The summed E-state index contributed by atoms with van der Waals surface area (Å²) in [6.45, 7) is 4.36. The molecule has 0 spiro atoms. The summed E-state index contributed by atoms with van der Waals surface area (Å²) in [5.74, 6) is 1.03. The summed E-state index contributed by atoms with van der Waals surface area (Å²) in [7, 11) is 0. The average molecular weight is 269 g/mol. The summed E-state index contributed by atoms with van der Waals surface area (Å²) < 4.78 is 5.12. The van der Waals surface area contributed by atoms with Crippen LogP contribution in [0.3, 0.4) is 0 Å². The number of carbonyl (C=O) groups excluding carboxylic acids is 1. The van der Waals surface area contributed by atoms with E-state index >= 15 is 0 Å². The highest BCUT2D eigenvalue weighted by Gasteiger charge is 2.03. The van der Waals surface area contributed by atoms with Crippen LogP contribution in [-0.2, 0) is 4.79 Å². The van der Waals surface area contributed by atoms with Gasteiger partial charge in [-0.25, -0.2) is 0 Å². The number of benzene rings is 1. The minimum absolute atomic E-state index is 0.169. The highest BCUT2D eigenvalue weighted by Crippen LogP contribution is 2.20. The summed E-state index contributed by atoms with van der Waals surface area (Å²) in [5.41, 5.74) is 2.09. The van der Waals surface area contributed by atoms with Crippen LogP contribution < -0.4 is 5.32 Å². The quantitative estimate of drug-likeness (QED) is 0.815. The SMILES string of the molecule is CC[C@H](C)c1ccc(NC(=O)/C=C/c2ccco2)cc1. The van der Waals surface area contributed by atoms with Gasteiger partial charge in [-0.15, -0.1) is 0 Å². The second-order valence-electron chi connectivity index (χ2n) is 4.77. The van der Waals surface area contributed by atoms with Crippen molar-refractivity contribution in [3.05, 3.63) is 60.1 Å². The minimum atomic E-state index is -0.169. The molecule has 20 heavy (non-hydrogen) atoms. The number of hydrogen-bond acceptors (Lipinski definition) is 2. The predicted molar refractivity (Wildman–Crippen MR) is 81.5 cm³/mol. The van der Waals surface area contributed by atoms with Crippen molar-refractivity contribution in [2.45, 2.75) is 26.2 Å². The van der Waals surface area contributed by atoms with Gasteiger partial charge in [0.15, 0.2) is 0 Å². The summed E-state index contributed by atoms with van der Waals surface area (Å²) >= 11 is 0. The maximum absolute atomic E-state index is 11.7. The molecule has 1 N–H and O–H groups in total. The van der Waals surface area contributed by atoms with E-state index in [2.05, 4.69) is 31.3 Å². The lowest BCUT2D eigenvalue weighted by Crippen LogP contribution is -2.07. The third-order valence-electron chi connectivity index (χ3n) is 3.30. The molecule has 1 heterocycles. The molecule has 3 heteroatoms. The van der Waals surface area contributed by atoms with Crippen molar-refractivity contribution < 1.29 is 9.21 Å². The van der Waals surface area contributed by atoms with Crippen LogP contribution in [0.5, 0.6) is 0 Å². The van der Waals surface area contributed by atoms with Gasteiger partial charge in [-0.3, -0.25) is 4.79 Å². The molecule has 3 nitrogen and oxygen atoms in total. The van der Waals surface area contributed by atoms with Crippen molar-refractivity contribution in [3.63, 3.8) is 0 Å². The van der Waals surface area contributed by atoms with E-state index < -0.39 is 0 Å². The van der Waals surface area contributed by atoms with Gasteiger partial charge in [-0.1, -0.05) is 26.0 Å². The van der Waals surface area contributed by atoms with Crippen molar-refractivity contribution in [2.24, 2.45) is 0 Å².